The van der Waals surface area contributed by atoms with Crippen LogP contribution in [0.15, 0.2) is 32.1 Å². The van der Waals surface area contributed by atoms with Crippen molar-refractivity contribution in [2.24, 2.45) is 17.6 Å². The number of hydrogen-bond donors (Lipinski definition) is 2. The molecular weight excluding hydrogens is 454 g/mol. The van der Waals surface area contributed by atoms with Crippen molar-refractivity contribution in [3.8, 4) is 0 Å². The fraction of sp³-hybridized carbons (Fsp3) is 0.438. The van der Waals surface area contributed by atoms with Crippen LogP contribution in [-0.2, 0) is 6.54 Å². The number of rotatable bonds is 4. The van der Waals surface area contributed by atoms with Crippen LogP contribution < -0.4 is 11.5 Å². The number of aromatic nitrogens is 4. The lowest BCUT2D eigenvalue weighted by atomic mass is 9.91. The van der Waals surface area contributed by atoms with Gasteiger partial charge in [-0.2, -0.15) is 0 Å². The first-order chi connectivity index (χ1) is 12.1. The van der Waals surface area contributed by atoms with Gasteiger partial charge in [0.25, 0.3) is 0 Å². The summed E-state index contributed by atoms with van der Waals surface area (Å²) >= 11 is 3.84. The smallest absolute Gasteiger partial charge is 0.175 e. The summed E-state index contributed by atoms with van der Waals surface area (Å²) in [5, 5.41) is 0.758. The van der Waals surface area contributed by atoms with Crippen LogP contribution in [0.1, 0.15) is 12.8 Å². The standard InChI is InChI=1S/C16H18FIN6S/c17-10-2-1-8-5-11(18)12(6-9(8)10)25-16-23-13-14(20)21-7-22-15(13)24(16)4-3-19/h5-10H,1-4,19H2,(H2,20,21,22). The van der Waals surface area contributed by atoms with Crippen LogP contribution in [0.2, 0.25) is 0 Å². The van der Waals surface area contributed by atoms with Gasteiger partial charge in [0.05, 0.1) is 0 Å². The number of imidazole rings is 1. The van der Waals surface area contributed by atoms with Gasteiger partial charge >= 0.3 is 0 Å². The number of halogens is 2. The summed E-state index contributed by atoms with van der Waals surface area (Å²) in [5.74, 6) is 0.638. The summed E-state index contributed by atoms with van der Waals surface area (Å²) in [6.07, 6.45) is 6.49. The van der Waals surface area contributed by atoms with Gasteiger partial charge in [-0.15, -0.1) is 0 Å². The number of thioether (sulfide) groups is 1. The van der Waals surface area contributed by atoms with E-state index in [9.17, 15) is 4.39 Å². The number of allylic oxidation sites excluding steroid dienone is 3. The summed E-state index contributed by atoms with van der Waals surface area (Å²) in [5.41, 5.74) is 13.0. The number of hydrogen-bond acceptors (Lipinski definition) is 6. The highest BCUT2D eigenvalue weighted by atomic mass is 127. The molecule has 1 saturated carbocycles. The molecule has 2 aromatic rings. The number of fused-ring (bicyclic) bond motifs is 2. The van der Waals surface area contributed by atoms with E-state index in [0.29, 0.717) is 42.4 Å². The quantitative estimate of drug-likeness (QED) is 0.665. The normalized spacial score (nSPS) is 25.8. The molecule has 0 saturated heterocycles. The van der Waals surface area contributed by atoms with E-state index >= 15 is 0 Å². The largest absolute Gasteiger partial charge is 0.382 e. The van der Waals surface area contributed by atoms with E-state index in [4.69, 9.17) is 11.5 Å². The first-order valence-corrected chi connectivity index (χ1v) is 10.1. The third-order valence-corrected chi connectivity index (χ3v) is 7.08. The lowest BCUT2D eigenvalue weighted by Crippen LogP contribution is -2.16. The van der Waals surface area contributed by atoms with Gasteiger partial charge in [0, 0.05) is 27.5 Å². The van der Waals surface area contributed by atoms with Gasteiger partial charge in [0.15, 0.2) is 22.1 Å². The predicted octanol–water partition coefficient (Wildman–Crippen LogP) is 3.04. The Morgan fingerprint density at radius 3 is 2.96 bits per heavy atom. The molecule has 0 radical (unpaired) electrons. The molecule has 0 aromatic carbocycles. The van der Waals surface area contributed by atoms with Crippen molar-refractivity contribution in [3.05, 3.63) is 27.0 Å². The lowest BCUT2D eigenvalue weighted by Gasteiger charge is -2.22. The van der Waals surface area contributed by atoms with Gasteiger partial charge in [-0.25, -0.2) is 19.3 Å². The Morgan fingerprint density at radius 2 is 2.16 bits per heavy atom. The first-order valence-electron chi connectivity index (χ1n) is 8.16. The van der Waals surface area contributed by atoms with E-state index in [1.807, 2.05) is 4.57 Å². The van der Waals surface area contributed by atoms with Gasteiger partial charge < -0.3 is 16.0 Å². The lowest BCUT2D eigenvalue weighted by molar-refractivity contribution is 0.283. The minimum Gasteiger partial charge on any atom is -0.382 e. The number of nitrogen functional groups attached to an aromatic ring is 1. The fourth-order valence-corrected chi connectivity index (χ4v) is 5.46. The zero-order valence-corrected chi connectivity index (χ0v) is 16.4. The molecule has 0 amide bonds. The molecule has 9 heteroatoms. The van der Waals surface area contributed by atoms with Gasteiger partial charge in [0.2, 0.25) is 0 Å². The van der Waals surface area contributed by atoms with Crippen molar-refractivity contribution in [2.75, 3.05) is 12.3 Å². The molecular formula is C16H18FIN6S. The van der Waals surface area contributed by atoms with Crippen molar-refractivity contribution in [1.29, 1.82) is 0 Å². The monoisotopic (exact) mass is 472 g/mol. The van der Waals surface area contributed by atoms with Crippen LogP contribution in [0.4, 0.5) is 10.2 Å². The molecule has 3 unspecified atom stereocenters. The van der Waals surface area contributed by atoms with Crippen LogP contribution in [0.5, 0.6) is 0 Å². The molecule has 1 fully saturated rings. The SMILES string of the molecule is NCCn1c(SC2=CC3C(F)CCC3C=C2I)nc2c(N)ncnc21. The van der Waals surface area contributed by atoms with Crippen molar-refractivity contribution in [3.63, 3.8) is 0 Å². The summed E-state index contributed by atoms with van der Waals surface area (Å²) in [7, 11) is 0. The summed E-state index contributed by atoms with van der Waals surface area (Å²) in [6, 6.07) is 0. The summed E-state index contributed by atoms with van der Waals surface area (Å²) in [4.78, 5) is 14.0. The van der Waals surface area contributed by atoms with E-state index in [-0.39, 0.29) is 5.92 Å². The second-order valence-corrected chi connectivity index (χ2v) is 8.42. The number of nitrogens with two attached hydrogens (primary N) is 2. The Balaban J connectivity index is 1.73. The Morgan fingerprint density at radius 1 is 1.32 bits per heavy atom. The fourth-order valence-electron chi connectivity index (χ4n) is 3.48. The molecule has 132 valence electrons. The zero-order chi connectivity index (χ0) is 17.6. The topological polar surface area (TPSA) is 95.6 Å². The van der Waals surface area contributed by atoms with Gasteiger partial charge in [-0.05, 0) is 41.4 Å². The number of alkyl halides is 1. The van der Waals surface area contributed by atoms with Crippen LogP contribution in [0.3, 0.4) is 0 Å². The van der Waals surface area contributed by atoms with Crippen LogP contribution in [0, 0.1) is 11.8 Å². The molecule has 0 aliphatic heterocycles. The van der Waals surface area contributed by atoms with E-state index < -0.39 is 6.17 Å². The minimum atomic E-state index is -0.759. The number of anilines is 1. The highest BCUT2D eigenvalue weighted by Crippen LogP contribution is 2.47. The summed E-state index contributed by atoms with van der Waals surface area (Å²) < 4.78 is 17.3. The molecule has 2 aliphatic rings. The van der Waals surface area contributed by atoms with Gasteiger partial charge in [-0.3, -0.25) is 0 Å². The van der Waals surface area contributed by atoms with Crippen molar-refractivity contribution >= 4 is 51.3 Å². The van der Waals surface area contributed by atoms with Crippen LogP contribution in [0.25, 0.3) is 11.2 Å². The highest BCUT2D eigenvalue weighted by Gasteiger charge is 2.37. The second kappa shape index (κ2) is 6.84. The minimum absolute atomic E-state index is 0.0294. The van der Waals surface area contributed by atoms with E-state index in [0.717, 1.165) is 20.1 Å². The Hall–Kier alpha value is -1.20. The third-order valence-electron chi connectivity index (χ3n) is 4.71. The first kappa shape index (κ1) is 17.2. The van der Waals surface area contributed by atoms with Crippen molar-refractivity contribution in [2.45, 2.75) is 30.7 Å². The maximum absolute atomic E-state index is 14.2. The molecule has 2 aliphatic carbocycles. The third kappa shape index (κ3) is 3.06. The molecule has 3 atom stereocenters. The average Bonchev–Trinajstić information content (AvgIpc) is 3.11. The molecule has 25 heavy (non-hydrogen) atoms. The molecule has 0 bridgehead atoms. The predicted molar refractivity (Wildman–Crippen MR) is 106 cm³/mol. The molecule has 6 nitrogen and oxygen atoms in total. The molecule has 4 rings (SSSR count). The van der Waals surface area contributed by atoms with Crippen LogP contribution in [-0.4, -0.2) is 32.2 Å². The van der Waals surface area contributed by atoms with E-state index in [1.54, 1.807) is 0 Å². The van der Waals surface area contributed by atoms with Gasteiger partial charge in [-0.1, -0.05) is 23.9 Å². The van der Waals surface area contributed by atoms with Gasteiger partial charge in [0.1, 0.15) is 12.5 Å². The average molecular weight is 472 g/mol. The summed E-state index contributed by atoms with van der Waals surface area (Å²) in [6.45, 7) is 1.05. The van der Waals surface area contributed by atoms with Crippen LogP contribution >= 0.6 is 34.4 Å². The zero-order valence-electron chi connectivity index (χ0n) is 13.4. The van der Waals surface area contributed by atoms with E-state index in [2.05, 4.69) is 49.7 Å². The van der Waals surface area contributed by atoms with Crippen molar-refractivity contribution < 1.29 is 4.39 Å². The molecule has 4 N–H and O–H groups in total. The molecule has 0 spiro atoms. The van der Waals surface area contributed by atoms with Crippen molar-refractivity contribution in [1.82, 2.24) is 19.5 Å². The maximum Gasteiger partial charge on any atom is 0.175 e. The second-order valence-electron chi connectivity index (χ2n) is 6.25. The Labute approximate surface area is 162 Å². The highest BCUT2D eigenvalue weighted by molar-refractivity contribution is 14.1. The number of nitrogens with zero attached hydrogens (tertiary/aromatic N) is 4. The Bertz CT molecular complexity index is 879. The Kier molecular flexibility index (Phi) is 4.71. The molecule has 2 aromatic heterocycles. The molecule has 2 heterocycles. The van der Waals surface area contributed by atoms with E-state index in [1.165, 1.54) is 18.1 Å². The maximum atomic E-state index is 14.2.